The summed E-state index contributed by atoms with van der Waals surface area (Å²) >= 11 is 1.58. The molecule has 0 atom stereocenters. The molecule has 6 aromatic carbocycles. The molecule has 2 aliphatic carbocycles. The van der Waals surface area contributed by atoms with Crippen molar-refractivity contribution >= 4 is 31.7 Å². The van der Waals surface area contributed by atoms with Gasteiger partial charge in [-0.15, -0.1) is 35.9 Å². The van der Waals surface area contributed by atoms with E-state index < -0.39 is 0 Å². The molecular formula is C38H32Cl2SiZr-4. The van der Waals surface area contributed by atoms with Crippen LogP contribution in [0.15, 0.2) is 146 Å². The maximum absolute atomic E-state index is 3.30. The number of hydrogen-bond donors (Lipinski definition) is 0. The molecule has 0 aromatic heterocycles. The summed E-state index contributed by atoms with van der Waals surface area (Å²) in [4.78, 5) is 0. The van der Waals surface area contributed by atoms with Crippen LogP contribution in [0.4, 0.5) is 0 Å². The monoisotopic (exact) mass is 676 g/mol. The van der Waals surface area contributed by atoms with E-state index in [4.69, 9.17) is 0 Å². The fourth-order valence-corrected chi connectivity index (χ4v) is 4.68. The van der Waals surface area contributed by atoms with Crippen molar-refractivity contribution in [2.24, 2.45) is 0 Å². The van der Waals surface area contributed by atoms with Crippen LogP contribution in [0, 0.1) is 24.3 Å². The van der Waals surface area contributed by atoms with Crippen molar-refractivity contribution in [1.29, 1.82) is 0 Å². The first-order valence-corrected chi connectivity index (χ1v) is 19.2. The maximum atomic E-state index is 3.30. The molecule has 0 aliphatic heterocycles. The third-order valence-corrected chi connectivity index (χ3v) is 6.45. The van der Waals surface area contributed by atoms with Gasteiger partial charge in [-0.2, -0.15) is 132 Å². The Bertz CT molecular complexity index is 1330. The Labute approximate surface area is 280 Å². The van der Waals surface area contributed by atoms with Crippen molar-refractivity contribution in [2.45, 2.75) is 12.8 Å². The molecule has 0 nitrogen and oxygen atoms in total. The average molecular weight is 679 g/mol. The normalized spacial score (nSPS) is 9.98. The SMILES string of the molecule is Cl.Cl.[SiH2]=[Zr].[c-]1cccc2c1Cc1ccccc1-2.[c-]1cccc2c1Cc1ccccc1-2.[c-]1ccccc1.[c-]1ccccc1. The minimum atomic E-state index is 0. The summed E-state index contributed by atoms with van der Waals surface area (Å²) in [6.07, 6.45) is 2.10. The second kappa shape index (κ2) is 20.0. The van der Waals surface area contributed by atoms with Gasteiger partial charge in [-0.25, -0.2) is 0 Å². The van der Waals surface area contributed by atoms with Gasteiger partial charge in [0.1, 0.15) is 0 Å². The predicted molar refractivity (Wildman–Crippen MR) is 181 cm³/mol. The Balaban J connectivity index is 0.000000200. The van der Waals surface area contributed by atoms with Crippen LogP contribution in [0.25, 0.3) is 22.3 Å². The summed E-state index contributed by atoms with van der Waals surface area (Å²) in [6.45, 7) is 1.95. The Morgan fingerprint density at radius 3 is 1.10 bits per heavy atom. The molecule has 0 amide bonds. The van der Waals surface area contributed by atoms with Crippen LogP contribution in [0.1, 0.15) is 22.3 Å². The van der Waals surface area contributed by atoms with Crippen molar-refractivity contribution in [3.8, 4) is 22.3 Å². The molecule has 8 rings (SSSR count). The number of hydrogen-bond acceptors (Lipinski definition) is 0. The van der Waals surface area contributed by atoms with E-state index in [0.29, 0.717) is 0 Å². The van der Waals surface area contributed by atoms with Gasteiger partial charge in [0.05, 0.1) is 0 Å². The van der Waals surface area contributed by atoms with Crippen molar-refractivity contribution < 1.29 is 23.3 Å². The number of benzene rings is 6. The van der Waals surface area contributed by atoms with Crippen LogP contribution < -0.4 is 0 Å². The zero-order valence-electron chi connectivity index (χ0n) is 23.3. The summed E-state index contributed by atoms with van der Waals surface area (Å²) in [5, 5.41) is 0. The number of fused-ring (bicyclic) bond motifs is 6. The predicted octanol–water partition coefficient (Wildman–Crippen LogP) is 9.01. The second-order valence-corrected chi connectivity index (χ2v) is 8.95. The Morgan fingerprint density at radius 2 is 0.762 bits per heavy atom. The minimum absolute atomic E-state index is 0. The van der Waals surface area contributed by atoms with E-state index in [1.54, 1.807) is 23.3 Å². The van der Waals surface area contributed by atoms with Gasteiger partial charge < -0.3 is 0 Å². The van der Waals surface area contributed by atoms with Gasteiger partial charge >= 0.3 is 30.2 Å². The first kappa shape index (κ1) is 35.2. The average Bonchev–Trinajstić information content (AvgIpc) is 3.63. The van der Waals surface area contributed by atoms with Crippen molar-refractivity contribution in [3.05, 3.63) is 192 Å². The summed E-state index contributed by atoms with van der Waals surface area (Å²) in [6, 6.07) is 61.2. The summed E-state index contributed by atoms with van der Waals surface area (Å²) in [5.41, 5.74) is 11.0. The Morgan fingerprint density at radius 1 is 0.405 bits per heavy atom. The molecule has 0 saturated carbocycles. The van der Waals surface area contributed by atoms with Crippen LogP contribution in [0.3, 0.4) is 0 Å². The molecule has 42 heavy (non-hydrogen) atoms. The fourth-order valence-electron chi connectivity index (χ4n) is 4.68. The van der Waals surface area contributed by atoms with Crippen molar-refractivity contribution in [2.75, 3.05) is 0 Å². The smallest absolute Gasteiger partial charge is 0.0253 e. The van der Waals surface area contributed by atoms with E-state index in [9.17, 15) is 0 Å². The van der Waals surface area contributed by atoms with Gasteiger partial charge in [-0.3, -0.25) is 0 Å². The topological polar surface area (TPSA) is 0 Å². The van der Waals surface area contributed by atoms with Gasteiger partial charge in [-0.1, -0.05) is 70.8 Å². The van der Waals surface area contributed by atoms with Crippen LogP contribution in [0.2, 0.25) is 0 Å². The van der Waals surface area contributed by atoms with Gasteiger partial charge in [0.2, 0.25) is 0 Å². The zero-order valence-corrected chi connectivity index (χ0v) is 28.8. The molecule has 0 fully saturated rings. The molecule has 0 radical (unpaired) electrons. The molecule has 0 unspecified atom stereocenters. The molecular weight excluding hydrogens is 647 g/mol. The Hall–Kier alpha value is -3.00. The molecule has 2 aliphatic rings. The minimum Gasteiger partial charge on any atom is -0.184 e. The van der Waals surface area contributed by atoms with Gasteiger partial charge in [0, 0.05) is 0 Å². The van der Waals surface area contributed by atoms with E-state index >= 15 is 0 Å². The van der Waals surface area contributed by atoms with E-state index in [0.717, 1.165) is 12.8 Å². The summed E-state index contributed by atoms with van der Waals surface area (Å²) in [5.74, 6) is 0. The maximum Gasteiger partial charge on any atom is -0.0253 e. The van der Waals surface area contributed by atoms with Crippen molar-refractivity contribution in [1.82, 2.24) is 0 Å². The first-order valence-electron chi connectivity index (χ1n) is 13.2. The van der Waals surface area contributed by atoms with Crippen LogP contribution in [-0.2, 0) is 36.2 Å². The van der Waals surface area contributed by atoms with E-state index in [1.165, 1.54) is 44.5 Å². The van der Waals surface area contributed by atoms with E-state index in [2.05, 4.69) is 97.1 Å². The molecule has 0 heterocycles. The summed E-state index contributed by atoms with van der Waals surface area (Å²) in [7, 11) is 0. The standard InChI is InChI=1S/2C13H9.2C6H5.2ClH.H2Si.Zr/c2*1-3-7-12-10(5-1)9-11-6-2-4-8-13(11)12;2*1-2-4-6-5-3-1;;;;/h2*1-5,7-8H,9H2;2*1-5H;2*1H;1H2;/q4*-1;;;;. The fraction of sp³-hybridized carbons (Fsp3) is 0.0526. The molecule has 6 aromatic rings. The zero-order chi connectivity index (χ0) is 27.8. The summed E-state index contributed by atoms with van der Waals surface area (Å²) < 4.78 is 0. The van der Waals surface area contributed by atoms with Gasteiger partial charge in [-0.05, 0) is 12.8 Å². The molecule has 0 spiro atoms. The molecule has 0 saturated heterocycles. The first-order chi connectivity index (χ1) is 19.9. The van der Waals surface area contributed by atoms with Crippen molar-refractivity contribution in [3.63, 3.8) is 0 Å². The third-order valence-electron chi connectivity index (χ3n) is 6.45. The van der Waals surface area contributed by atoms with Crippen LogP contribution in [-0.4, -0.2) is 6.88 Å². The van der Waals surface area contributed by atoms with Crippen LogP contribution >= 0.6 is 24.8 Å². The van der Waals surface area contributed by atoms with E-state index in [-0.39, 0.29) is 24.8 Å². The number of rotatable bonds is 0. The Kier molecular flexibility index (Phi) is 16.8. The molecule has 4 heteroatoms. The molecule has 0 bridgehead atoms. The van der Waals surface area contributed by atoms with Gasteiger partial charge in [0.25, 0.3) is 0 Å². The third kappa shape index (κ3) is 10.1. The molecule has 210 valence electrons. The number of halogens is 2. The second-order valence-electron chi connectivity index (χ2n) is 8.95. The largest absolute Gasteiger partial charge is 0.184 e. The van der Waals surface area contributed by atoms with E-state index in [1.807, 2.05) is 79.7 Å². The molecule has 0 N–H and O–H groups in total. The van der Waals surface area contributed by atoms with Gasteiger partial charge in [0.15, 0.2) is 0 Å². The quantitative estimate of drug-likeness (QED) is 0.111. The van der Waals surface area contributed by atoms with Crippen LogP contribution in [0.5, 0.6) is 0 Å².